The van der Waals surface area contributed by atoms with E-state index in [0.29, 0.717) is 23.6 Å². The highest BCUT2D eigenvalue weighted by Crippen LogP contribution is 2.27. The summed E-state index contributed by atoms with van der Waals surface area (Å²) in [6, 6.07) is 11.1. The number of rotatable bonds is 5. The molecule has 0 radical (unpaired) electrons. The third-order valence-electron chi connectivity index (χ3n) is 3.62. The van der Waals surface area contributed by atoms with E-state index in [9.17, 15) is 4.79 Å². The smallest absolute Gasteiger partial charge is 0.253 e. The highest BCUT2D eigenvalue weighted by atomic mass is 16.5. The molecule has 1 aromatic heterocycles. The summed E-state index contributed by atoms with van der Waals surface area (Å²) in [6.07, 6.45) is 1.69. The number of nitrogens with one attached hydrogen (secondary N) is 2. The zero-order chi connectivity index (χ0) is 16.2. The lowest BCUT2D eigenvalue weighted by atomic mass is 10.1. The van der Waals surface area contributed by atoms with Gasteiger partial charge in [0.1, 0.15) is 0 Å². The summed E-state index contributed by atoms with van der Waals surface area (Å²) >= 11 is 0. The van der Waals surface area contributed by atoms with Gasteiger partial charge in [0.15, 0.2) is 11.5 Å². The number of ether oxygens (including phenoxy) is 2. The molecule has 0 aliphatic heterocycles. The first-order chi connectivity index (χ1) is 11.2. The molecule has 2 aromatic carbocycles. The Kier molecular flexibility index (Phi) is 4.14. The second kappa shape index (κ2) is 6.39. The van der Waals surface area contributed by atoms with Crippen LogP contribution in [0.3, 0.4) is 0 Å². The van der Waals surface area contributed by atoms with E-state index in [1.807, 2.05) is 30.3 Å². The van der Waals surface area contributed by atoms with Crippen LogP contribution >= 0.6 is 0 Å². The predicted octanol–water partition coefficient (Wildman–Crippen LogP) is 2.51. The van der Waals surface area contributed by atoms with Gasteiger partial charge in [-0.05, 0) is 23.8 Å². The molecule has 6 nitrogen and oxygen atoms in total. The number of para-hydroxylation sites is 1. The van der Waals surface area contributed by atoms with Crippen molar-refractivity contribution in [2.24, 2.45) is 0 Å². The minimum Gasteiger partial charge on any atom is -0.493 e. The molecular weight excluding hydrogens is 294 g/mol. The Labute approximate surface area is 133 Å². The molecule has 0 saturated carbocycles. The average molecular weight is 311 g/mol. The maximum atomic E-state index is 12.4. The predicted molar refractivity (Wildman–Crippen MR) is 86.8 cm³/mol. The summed E-state index contributed by atoms with van der Waals surface area (Å²) in [4.78, 5) is 12.4. The molecule has 0 spiro atoms. The van der Waals surface area contributed by atoms with Crippen molar-refractivity contribution in [2.45, 2.75) is 6.54 Å². The number of carbonyl (C=O) groups excluding carboxylic acids is 1. The molecule has 3 rings (SSSR count). The van der Waals surface area contributed by atoms with Crippen LogP contribution in [0.4, 0.5) is 0 Å². The van der Waals surface area contributed by atoms with Crippen molar-refractivity contribution in [3.05, 3.63) is 53.7 Å². The molecule has 0 fully saturated rings. The fraction of sp³-hybridized carbons (Fsp3) is 0.176. The maximum Gasteiger partial charge on any atom is 0.253 e. The second-order valence-corrected chi connectivity index (χ2v) is 5.01. The van der Waals surface area contributed by atoms with Gasteiger partial charge in [-0.1, -0.05) is 18.2 Å². The fourth-order valence-corrected chi connectivity index (χ4v) is 2.43. The Bertz CT molecular complexity index is 842. The van der Waals surface area contributed by atoms with Gasteiger partial charge in [-0.25, -0.2) is 0 Å². The molecule has 1 amide bonds. The summed E-state index contributed by atoms with van der Waals surface area (Å²) in [6.45, 7) is 0.393. The Hall–Kier alpha value is -3.02. The number of methoxy groups -OCH3 is 2. The van der Waals surface area contributed by atoms with Crippen molar-refractivity contribution in [1.82, 2.24) is 15.5 Å². The van der Waals surface area contributed by atoms with Crippen LogP contribution in [0.5, 0.6) is 11.5 Å². The molecule has 0 aliphatic rings. The number of aromatic nitrogens is 2. The van der Waals surface area contributed by atoms with E-state index >= 15 is 0 Å². The molecule has 0 bridgehead atoms. The summed E-state index contributed by atoms with van der Waals surface area (Å²) in [5.74, 6) is 1.13. The van der Waals surface area contributed by atoms with Crippen molar-refractivity contribution >= 4 is 16.8 Å². The molecule has 2 N–H and O–H groups in total. The molecule has 23 heavy (non-hydrogen) atoms. The van der Waals surface area contributed by atoms with Gasteiger partial charge in [0.2, 0.25) is 0 Å². The average Bonchev–Trinajstić information content (AvgIpc) is 3.07. The SMILES string of the molecule is COc1ccc(CNC(=O)c2cccc3cn[nH]c23)cc1OC. The maximum absolute atomic E-state index is 12.4. The second-order valence-electron chi connectivity index (χ2n) is 5.01. The molecule has 118 valence electrons. The molecule has 6 heteroatoms. The number of hydrogen-bond acceptors (Lipinski definition) is 4. The van der Waals surface area contributed by atoms with Crippen LogP contribution in [-0.4, -0.2) is 30.3 Å². The molecule has 1 heterocycles. The fourth-order valence-electron chi connectivity index (χ4n) is 2.43. The van der Waals surface area contributed by atoms with Gasteiger partial charge >= 0.3 is 0 Å². The van der Waals surface area contributed by atoms with Crippen LogP contribution in [0.15, 0.2) is 42.6 Å². The van der Waals surface area contributed by atoms with E-state index in [1.165, 1.54) is 0 Å². The molecular formula is C17H17N3O3. The minimum atomic E-state index is -0.158. The van der Waals surface area contributed by atoms with Crippen molar-refractivity contribution in [3.63, 3.8) is 0 Å². The van der Waals surface area contributed by atoms with Crippen LogP contribution < -0.4 is 14.8 Å². The summed E-state index contributed by atoms with van der Waals surface area (Å²) in [5, 5.41) is 10.6. The number of hydrogen-bond donors (Lipinski definition) is 2. The number of amides is 1. The zero-order valence-electron chi connectivity index (χ0n) is 12.9. The van der Waals surface area contributed by atoms with Crippen molar-refractivity contribution < 1.29 is 14.3 Å². The van der Waals surface area contributed by atoms with Gasteiger partial charge in [0.05, 0.1) is 31.5 Å². The van der Waals surface area contributed by atoms with Gasteiger partial charge in [0, 0.05) is 11.9 Å². The van der Waals surface area contributed by atoms with Crippen LogP contribution in [-0.2, 0) is 6.54 Å². The van der Waals surface area contributed by atoms with E-state index in [1.54, 1.807) is 26.5 Å². The van der Waals surface area contributed by atoms with Crippen molar-refractivity contribution in [3.8, 4) is 11.5 Å². The highest BCUT2D eigenvalue weighted by Gasteiger charge is 2.11. The van der Waals surface area contributed by atoms with Crippen LogP contribution in [0, 0.1) is 0 Å². The quantitative estimate of drug-likeness (QED) is 0.759. The first-order valence-electron chi connectivity index (χ1n) is 7.14. The number of aromatic amines is 1. The third kappa shape index (κ3) is 2.96. The minimum absolute atomic E-state index is 0.158. The number of carbonyl (C=O) groups is 1. The number of benzene rings is 2. The largest absolute Gasteiger partial charge is 0.493 e. The zero-order valence-corrected chi connectivity index (χ0v) is 12.9. The molecule has 0 unspecified atom stereocenters. The molecule has 3 aromatic rings. The Morgan fingerprint density at radius 2 is 2.00 bits per heavy atom. The van der Waals surface area contributed by atoms with Crippen LogP contribution in [0.25, 0.3) is 10.9 Å². The Morgan fingerprint density at radius 3 is 2.78 bits per heavy atom. The van der Waals surface area contributed by atoms with Gasteiger partial charge in [-0.2, -0.15) is 5.10 Å². The first-order valence-corrected chi connectivity index (χ1v) is 7.14. The lowest BCUT2D eigenvalue weighted by Crippen LogP contribution is -2.23. The molecule has 0 atom stereocenters. The third-order valence-corrected chi connectivity index (χ3v) is 3.62. The van der Waals surface area contributed by atoms with Crippen molar-refractivity contribution in [1.29, 1.82) is 0 Å². The van der Waals surface area contributed by atoms with Crippen LogP contribution in [0.1, 0.15) is 15.9 Å². The normalized spacial score (nSPS) is 10.5. The number of fused-ring (bicyclic) bond motifs is 1. The lowest BCUT2D eigenvalue weighted by Gasteiger charge is -2.10. The van der Waals surface area contributed by atoms with Gasteiger partial charge < -0.3 is 14.8 Å². The molecule has 0 saturated heterocycles. The van der Waals surface area contributed by atoms with E-state index < -0.39 is 0 Å². The van der Waals surface area contributed by atoms with Gasteiger partial charge in [-0.3, -0.25) is 9.89 Å². The number of nitrogens with zero attached hydrogens (tertiary/aromatic N) is 1. The van der Waals surface area contributed by atoms with E-state index in [0.717, 1.165) is 16.5 Å². The standard InChI is InChI=1S/C17H17N3O3/c1-22-14-7-6-11(8-15(14)23-2)9-18-17(21)13-5-3-4-12-10-19-20-16(12)13/h3-8,10H,9H2,1-2H3,(H,18,21)(H,19,20). The van der Waals surface area contributed by atoms with Gasteiger partial charge in [-0.15, -0.1) is 0 Å². The first kappa shape index (κ1) is 14.9. The lowest BCUT2D eigenvalue weighted by molar-refractivity contribution is 0.0952. The summed E-state index contributed by atoms with van der Waals surface area (Å²) < 4.78 is 10.5. The van der Waals surface area contributed by atoms with Crippen molar-refractivity contribution in [2.75, 3.05) is 14.2 Å². The summed E-state index contributed by atoms with van der Waals surface area (Å²) in [5.41, 5.74) is 2.23. The van der Waals surface area contributed by atoms with E-state index in [2.05, 4.69) is 15.5 Å². The van der Waals surface area contributed by atoms with E-state index in [-0.39, 0.29) is 5.91 Å². The number of H-pyrrole nitrogens is 1. The summed E-state index contributed by atoms with van der Waals surface area (Å²) in [7, 11) is 3.17. The molecule has 0 aliphatic carbocycles. The van der Waals surface area contributed by atoms with Crippen LogP contribution in [0.2, 0.25) is 0 Å². The van der Waals surface area contributed by atoms with E-state index in [4.69, 9.17) is 9.47 Å². The Morgan fingerprint density at radius 1 is 1.17 bits per heavy atom. The topological polar surface area (TPSA) is 76.2 Å². The monoisotopic (exact) mass is 311 g/mol. The highest BCUT2D eigenvalue weighted by molar-refractivity contribution is 6.05. The van der Waals surface area contributed by atoms with Gasteiger partial charge in [0.25, 0.3) is 5.91 Å². The Balaban J connectivity index is 1.75.